The van der Waals surface area contributed by atoms with Crippen molar-refractivity contribution >= 4 is 18.1 Å². The number of hydrazone groups is 1. The molecule has 0 fully saturated rings. The Morgan fingerprint density at radius 3 is 2.74 bits per heavy atom. The van der Waals surface area contributed by atoms with Crippen molar-refractivity contribution in [2.45, 2.75) is 6.10 Å². The predicted molar refractivity (Wildman–Crippen MR) is 109 cm³/mol. The number of methoxy groups -OCH3 is 1. The molecule has 0 saturated carbocycles. The molecular weight excluding hydrogens is 404 g/mol. The summed E-state index contributed by atoms with van der Waals surface area (Å²) in [5, 5.41) is 3.95. The number of nitrogens with zero attached hydrogens (tertiary/aromatic N) is 1. The van der Waals surface area contributed by atoms with E-state index in [2.05, 4.69) is 10.5 Å². The number of esters is 1. The molecule has 1 N–H and O–H groups in total. The lowest BCUT2D eigenvalue weighted by atomic mass is 10.2. The van der Waals surface area contributed by atoms with Gasteiger partial charge in [-0.05, 0) is 36.4 Å². The molecule has 9 heteroatoms. The molecule has 1 aliphatic heterocycles. The Bertz CT molecular complexity index is 1110. The van der Waals surface area contributed by atoms with Crippen LogP contribution in [0.4, 0.5) is 0 Å². The van der Waals surface area contributed by atoms with Gasteiger partial charge in [0.05, 0.1) is 19.6 Å². The topological polar surface area (TPSA) is 109 Å². The van der Waals surface area contributed by atoms with E-state index >= 15 is 0 Å². The Kier molecular flexibility index (Phi) is 5.84. The van der Waals surface area contributed by atoms with E-state index < -0.39 is 18.0 Å². The molecule has 9 nitrogen and oxygen atoms in total. The number of fused-ring (bicyclic) bond motifs is 1. The molecule has 0 bridgehead atoms. The lowest BCUT2D eigenvalue weighted by Crippen LogP contribution is -2.42. The van der Waals surface area contributed by atoms with Crippen LogP contribution < -0.4 is 24.4 Å². The van der Waals surface area contributed by atoms with Crippen LogP contribution in [0.25, 0.3) is 0 Å². The van der Waals surface area contributed by atoms with E-state index in [1.165, 1.54) is 31.7 Å². The molecule has 3 aromatic rings. The molecule has 0 spiro atoms. The summed E-state index contributed by atoms with van der Waals surface area (Å²) in [7, 11) is 1.47. The number of ether oxygens (including phenoxy) is 4. The van der Waals surface area contributed by atoms with Crippen molar-refractivity contribution in [1.29, 1.82) is 0 Å². The molecular formula is C22H18N2O7. The van der Waals surface area contributed by atoms with E-state index in [1.807, 2.05) is 6.07 Å². The highest BCUT2D eigenvalue weighted by Gasteiger charge is 2.27. The van der Waals surface area contributed by atoms with Crippen LogP contribution in [0.2, 0.25) is 0 Å². The average Bonchev–Trinajstić information content (AvgIpc) is 3.34. The molecule has 1 aromatic heterocycles. The van der Waals surface area contributed by atoms with Gasteiger partial charge in [0.25, 0.3) is 5.91 Å². The van der Waals surface area contributed by atoms with E-state index in [4.69, 9.17) is 23.4 Å². The summed E-state index contributed by atoms with van der Waals surface area (Å²) in [4.78, 5) is 24.3. The van der Waals surface area contributed by atoms with Gasteiger partial charge < -0.3 is 23.4 Å². The highest BCUT2D eigenvalue weighted by Crippen LogP contribution is 2.30. The van der Waals surface area contributed by atoms with Crippen LogP contribution in [0.1, 0.15) is 16.1 Å². The number of amides is 1. The summed E-state index contributed by atoms with van der Waals surface area (Å²) >= 11 is 0. The Hall–Kier alpha value is -4.27. The fraction of sp³-hybridized carbons (Fsp3) is 0.136. The third-order valence-corrected chi connectivity index (χ3v) is 4.32. The fourth-order valence-electron chi connectivity index (χ4n) is 2.80. The summed E-state index contributed by atoms with van der Waals surface area (Å²) in [6, 6.07) is 14.9. The Labute approximate surface area is 177 Å². The third kappa shape index (κ3) is 4.67. The van der Waals surface area contributed by atoms with E-state index in [-0.39, 0.29) is 18.1 Å². The monoisotopic (exact) mass is 422 g/mol. The van der Waals surface area contributed by atoms with Crippen molar-refractivity contribution in [2.75, 3.05) is 13.7 Å². The Morgan fingerprint density at radius 1 is 1.13 bits per heavy atom. The summed E-state index contributed by atoms with van der Waals surface area (Å²) in [5.74, 6) is 0.765. The van der Waals surface area contributed by atoms with Crippen molar-refractivity contribution in [1.82, 2.24) is 5.43 Å². The van der Waals surface area contributed by atoms with Crippen LogP contribution in [0, 0.1) is 0 Å². The van der Waals surface area contributed by atoms with Crippen LogP contribution in [0.5, 0.6) is 23.0 Å². The molecule has 1 unspecified atom stereocenters. The molecule has 1 aliphatic rings. The second-order valence-electron chi connectivity index (χ2n) is 6.37. The van der Waals surface area contributed by atoms with Gasteiger partial charge in [0, 0.05) is 11.6 Å². The van der Waals surface area contributed by atoms with E-state index in [9.17, 15) is 9.59 Å². The van der Waals surface area contributed by atoms with Crippen LogP contribution in [-0.4, -0.2) is 37.9 Å². The molecule has 1 atom stereocenters. The average molecular weight is 422 g/mol. The minimum absolute atomic E-state index is 0.0808. The zero-order valence-corrected chi connectivity index (χ0v) is 16.4. The van der Waals surface area contributed by atoms with Gasteiger partial charge in [0.2, 0.25) is 11.9 Å². The number of rotatable bonds is 6. The second kappa shape index (κ2) is 9.04. The normalized spacial score (nSPS) is 14.8. The smallest absolute Gasteiger partial charge is 0.379 e. The SMILES string of the molecule is COc1cc(OC(=O)c2ccco2)ccc1C=NNC(=O)C1COc2ccccc2O1. The zero-order chi connectivity index (χ0) is 21.6. The van der Waals surface area contributed by atoms with Gasteiger partial charge >= 0.3 is 5.97 Å². The lowest BCUT2D eigenvalue weighted by Gasteiger charge is -2.24. The largest absolute Gasteiger partial charge is 0.496 e. The zero-order valence-electron chi connectivity index (χ0n) is 16.4. The van der Waals surface area contributed by atoms with Gasteiger partial charge in [-0.1, -0.05) is 12.1 Å². The molecule has 4 rings (SSSR count). The Morgan fingerprint density at radius 2 is 1.97 bits per heavy atom. The first kappa shape index (κ1) is 20.0. The highest BCUT2D eigenvalue weighted by atomic mass is 16.6. The standard InChI is InChI=1S/C22H18N2O7/c1-27-19-11-15(30-22(26)18-7-4-10-28-18)9-8-14(19)12-23-24-21(25)20-13-29-16-5-2-3-6-17(16)31-20/h2-12,20H,13H2,1H3,(H,24,25). The second-order valence-corrected chi connectivity index (χ2v) is 6.37. The van der Waals surface area contributed by atoms with Crippen LogP contribution in [0.15, 0.2) is 70.4 Å². The third-order valence-electron chi connectivity index (χ3n) is 4.32. The number of para-hydroxylation sites is 2. The first-order valence-electron chi connectivity index (χ1n) is 9.29. The minimum atomic E-state index is -0.822. The number of benzene rings is 2. The van der Waals surface area contributed by atoms with E-state index in [1.54, 1.807) is 36.4 Å². The summed E-state index contributed by atoms with van der Waals surface area (Å²) in [5.41, 5.74) is 2.98. The van der Waals surface area contributed by atoms with Gasteiger partial charge in [-0.3, -0.25) is 4.79 Å². The number of carbonyl (C=O) groups is 2. The first-order valence-corrected chi connectivity index (χ1v) is 9.29. The van der Waals surface area contributed by atoms with Gasteiger partial charge in [-0.25, -0.2) is 10.2 Å². The van der Waals surface area contributed by atoms with Crippen molar-refractivity contribution in [3.63, 3.8) is 0 Å². The highest BCUT2D eigenvalue weighted by molar-refractivity contribution is 5.89. The maximum Gasteiger partial charge on any atom is 0.379 e. The van der Waals surface area contributed by atoms with Crippen molar-refractivity contribution in [3.05, 3.63) is 72.2 Å². The van der Waals surface area contributed by atoms with E-state index in [0.29, 0.717) is 22.8 Å². The number of hydrogen-bond acceptors (Lipinski definition) is 8. The maximum atomic E-state index is 12.3. The fourth-order valence-corrected chi connectivity index (χ4v) is 2.80. The summed E-state index contributed by atoms with van der Waals surface area (Å²) in [6.45, 7) is 0.0808. The number of nitrogens with one attached hydrogen (secondary N) is 1. The first-order chi connectivity index (χ1) is 15.1. The lowest BCUT2D eigenvalue weighted by molar-refractivity contribution is -0.130. The van der Waals surface area contributed by atoms with Crippen LogP contribution >= 0.6 is 0 Å². The minimum Gasteiger partial charge on any atom is -0.496 e. The Balaban J connectivity index is 1.37. The van der Waals surface area contributed by atoms with Gasteiger partial charge in [0.1, 0.15) is 18.1 Å². The predicted octanol–water partition coefficient (Wildman–Crippen LogP) is 2.80. The molecule has 1 amide bonds. The molecule has 2 heterocycles. The van der Waals surface area contributed by atoms with Gasteiger partial charge in [-0.2, -0.15) is 5.10 Å². The molecule has 158 valence electrons. The molecule has 0 aliphatic carbocycles. The van der Waals surface area contributed by atoms with Gasteiger partial charge in [0.15, 0.2) is 11.5 Å². The van der Waals surface area contributed by atoms with Crippen molar-refractivity contribution in [3.8, 4) is 23.0 Å². The van der Waals surface area contributed by atoms with Gasteiger partial charge in [-0.15, -0.1) is 0 Å². The van der Waals surface area contributed by atoms with E-state index in [0.717, 1.165) is 0 Å². The molecule has 2 aromatic carbocycles. The van der Waals surface area contributed by atoms with Crippen molar-refractivity contribution in [2.24, 2.45) is 5.10 Å². The van der Waals surface area contributed by atoms with Crippen molar-refractivity contribution < 1.29 is 33.0 Å². The number of furan rings is 1. The summed E-state index contributed by atoms with van der Waals surface area (Å²) in [6.07, 6.45) is 1.97. The molecule has 31 heavy (non-hydrogen) atoms. The molecule has 0 saturated heterocycles. The number of carbonyl (C=O) groups excluding carboxylic acids is 2. The quantitative estimate of drug-likeness (QED) is 0.282. The number of hydrogen-bond donors (Lipinski definition) is 1. The molecule has 0 radical (unpaired) electrons. The van der Waals surface area contributed by atoms with Crippen LogP contribution in [0.3, 0.4) is 0 Å². The summed E-state index contributed by atoms with van der Waals surface area (Å²) < 4.78 is 26.7. The maximum absolute atomic E-state index is 12.3. The van der Waals surface area contributed by atoms with Crippen LogP contribution in [-0.2, 0) is 4.79 Å².